The maximum atomic E-state index is 11.9. The van der Waals surface area contributed by atoms with E-state index in [0.717, 1.165) is 0 Å². The monoisotopic (exact) mass is 254 g/mol. The van der Waals surface area contributed by atoms with Crippen molar-refractivity contribution in [2.24, 2.45) is 11.7 Å². The van der Waals surface area contributed by atoms with Gasteiger partial charge in [-0.25, -0.2) is 0 Å². The average Bonchev–Trinajstić information content (AvgIpc) is 2.70. The minimum absolute atomic E-state index is 0.0169. The van der Waals surface area contributed by atoms with Crippen molar-refractivity contribution in [2.75, 3.05) is 18.0 Å². The van der Waals surface area contributed by atoms with Crippen LogP contribution in [0, 0.1) is 5.92 Å². The molecule has 0 saturated carbocycles. The summed E-state index contributed by atoms with van der Waals surface area (Å²) in [4.78, 5) is 13.5. The van der Waals surface area contributed by atoms with E-state index < -0.39 is 0 Å². The van der Waals surface area contributed by atoms with Crippen LogP contribution in [-0.2, 0) is 11.4 Å². The van der Waals surface area contributed by atoms with Crippen molar-refractivity contribution >= 4 is 23.2 Å². The first kappa shape index (κ1) is 12.4. The lowest BCUT2D eigenvalue weighted by Crippen LogP contribution is -2.27. The first-order valence-corrected chi connectivity index (χ1v) is 5.93. The molecule has 1 heterocycles. The van der Waals surface area contributed by atoms with E-state index in [9.17, 15) is 9.90 Å². The lowest BCUT2D eigenvalue weighted by atomic mass is 10.1. The Hall–Kier alpha value is -1.10. The van der Waals surface area contributed by atoms with Gasteiger partial charge in [0.05, 0.1) is 17.3 Å². The highest BCUT2D eigenvalue weighted by Gasteiger charge is 2.31. The van der Waals surface area contributed by atoms with Crippen molar-refractivity contribution in [3.63, 3.8) is 0 Å². The van der Waals surface area contributed by atoms with Crippen molar-refractivity contribution in [1.82, 2.24) is 0 Å². The second kappa shape index (κ2) is 5.04. The van der Waals surface area contributed by atoms with Gasteiger partial charge >= 0.3 is 0 Å². The van der Waals surface area contributed by atoms with E-state index in [1.165, 1.54) is 0 Å². The Morgan fingerprint density at radius 2 is 2.29 bits per heavy atom. The fourth-order valence-electron chi connectivity index (χ4n) is 2.15. The third kappa shape index (κ3) is 2.29. The number of carbonyl (C=O) groups is 1. The summed E-state index contributed by atoms with van der Waals surface area (Å²) in [6.45, 7) is 0.931. The van der Waals surface area contributed by atoms with Gasteiger partial charge in [0.25, 0.3) is 0 Å². The zero-order valence-corrected chi connectivity index (χ0v) is 10.2. The molecule has 1 unspecified atom stereocenters. The molecule has 1 saturated heterocycles. The number of halogens is 1. The Morgan fingerprint density at radius 1 is 1.53 bits per heavy atom. The molecule has 3 N–H and O–H groups in total. The van der Waals surface area contributed by atoms with Crippen LogP contribution in [0.3, 0.4) is 0 Å². The number of nitrogens with zero attached hydrogens (tertiary/aromatic N) is 1. The van der Waals surface area contributed by atoms with E-state index in [2.05, 4.69) is 0 Å². The summed E-state index contributed by atoms with van der Waals surface area (Å²) < 4.78 is 0. The number of para-hydroxylation sites is 1. The van der Waals surface area contributed by atoms with Gasteiger partial charge in [-0.3, -0.25) is 4.79 Å². The van der Waals surface area contributed by atoms with Crippen molar-refractivity contribution in [3.8, 4) is 0 Å². The molecule has 0 aliphatic carbocycles. The molecule has 5 heteroatoms. The van der Waals surface area contributed by atoms with E-state index in [1.54, 1.807) is 23.1 Å². The fraction of sp³-hybridized carbons (Fsp3) is 0.417. The molecule has 1 atom stereocenters. The largest absolute Gasteiger partial charge is 0.392 e. The van der Waals surface area contributed by atoms with Gasteiger partial charge in [-0.05, 0) is 18.5 Å². The number of aliphatic hydroxyl groups excluding tert-OH is 1. The molecular formula is C12H15ClN2O2. The lowest BCUT2D eigenvalue weighted by Gasteiger charge is -2.21. The van der Waals surface area contributed by atoms with E-state index in [4.69, 9.17) is 17.3 Å². The Labute approximate surface area is 105 Å². The summed E-state index contributed by atoms with van der Waals surface area (Å²) in [7, 11) is 0. The van der Waals surface area contributed by atoms with Crippen LogP contribution in [0.25, 0.3) is 0 Å². The third-order valence-corrected chi connectivity index (χ3v) is 3.35. The van der Waals surface area contributed by atoms with Crippen molar-refractivity contribution < 1.29 is 9.90 Å². The van der Waals surface area contributed by atoms with Crippen molar-refractivity contribution in [2.45, 2.75) is 13.0 Å². The Bertz CT molecular complexity index is 437. The highest BCUT2D eigenvalue weighted by Crippen LogP contribution is 2.34. The van der Waals surface area contributed by atoms with Crippen LogP contribution < -0.4 is 10.6 Å². The van der Waals surface area contributed by atoms with Crippen molar-refractivity contribution in [1.29, 1.82) is 0 Å². The molecule has 0 spiro atoms. The van der Waals surface area contributed by atoms with E-state index >= 15 is 0 Å². The molecular weight excluding hydrogens is 240 g/mol. The summed E-state index contributed by atoms with van der Waals surface area (Å²) in [5, 5.41) is 9.78. The number of nitrogens with two attached hydrogens (primary N) is 1. The molecule has 1 amide bonds. The SMILES string of the molecule is NCC1CC(=O)N(c2c(Cl)cccc2CO)C1. The summed E-state index contributed by atoms with van der Waals surface area (Å²) in [5.41, 5.74) is 6.88. The van der Waals surface area contributed by atoms with Gasteiger partial charge in [-0.2, -0.15) is 0 Å². The second-order valence-corrected chi connectivity index (χ2v) is 4.62. The third-order valence-electron chi connectivity index (χ3n) is 3.05. The molecule has 0 bridgehead atoms. The van der Waals surface area contributed by atoms with Gasteiger partial charge in [-0.1, -0.05) is 23.7 Å². The first-order chi connectivity index (χ1) is 8.17. The maximum absolute atomic E-state index is 11.9. The zero-order chi connectivity index (χ0) is 12.4. The molecule has 2 rings (SSSR count). The first-order valence-electron chi connectivity index (χ1n) is 5.56. The smallest absolute Gasteiger partial charge is 0.227 e. The summed E-state index contributed by atoms with van der Waals surface area (Å²) in [6, 6.07) is 5.25. The molecule has 1 fully saturated rings. The highest BCUT2D eigenvalue weighted by molar-refractivity contribution is 6.34. The quantitative estimate of drug-likeness (QED) is 0.850. The minimum Gasteiger partial charge on any atom is -0.392 e. The molecule has 92 valence electrons. The Morgan fingerprint density at radius 3 is 2.88 bits per heavy atom. The average molecular weight is 255 g/mol. The maximum Gasteiger partial charge on any atom is 0.227 e. The van der Waals surface area contributed by atoms with Crippen LogP contribution >= 0.6 is 11.6 Å². The molecule has 1 aromatic rings. The summed E-state index contributed by atoms with van der Waals surface area (Å²) in [6.07, 6.45) is 0.451. The predicted octanol–water partition coefficient (Wildman–Crippen LogP) is 1.14. The highest BCUT2D eigenvalue weighted by atomic mass is 35.5. The lowest BCUT2D eigenvalue weighted by molar-refractivity contribution is -0.117. The van der Waals surface area contributed by atoms with Gasteiger partial charge in [0.1, 0.15) is 0 Å². The predicted molar refractivity (Wildman–Crippen MR) is 66.9 cm³/mol. The minimum atomic E-state index is -0.132. The number of amides is 1. The number of hydrogen-bond acceptors (Lipinski definition) is 3. The Balaban J connectivity index is 2.37. The number of rotatable bonds is 3. The van der Waals surface area contributed by atoms with E-state index in [-0.39, 0.29) is 18.4 Å². The molecule has 4 nitrogen and oxygen atoms in total. The number of anilines is 1. The van der Waals surface area contributed by atoms with Gasteiger partial charge in [-0.15, -0.1) is 0 Å². The van der Waals surface area contributed by atoms with Gasteiger partial charge in [0.15, 0.2) is 0 Å². The van der Waals surface area contributed by atoms with Gasteiger partial charge < -0.3 is 15.7 Å². The molecule has 0 radical (unpaired) electrons. The molecule has 0 aromatic heterocycles. The number of aliphatic hydroxyl groups is 1. The van der Waals surface area contributed by atoms with Crippen LogP contribution in [-0.4, -0.2) is 24.1 Å². The van der Waals surface area contributed by atoms with Crippen LogP contribution in [0.5, 0.6) is 0 Å². The van der Waals surface area contributed by atoms with Crippen LogP contribution in [0.15, 0.2) is 18.2 Å². The number of benzene rings is 1. The van der Waals surface area contributed by atoms with Gasteiger partial charge in [0, 0.05) is 18.5 Å². The van der Waals surface area contributed by atoms with Gasteiger partial charge in [0.2, 0.25) is 5.91 Å². The topological polar surface area (TPSA) is 66.6 Å². The van der Waals surface area contributed by atoms with Crippen LogP contribution in [0.4, 0.5) is 5.69 Å². The van der Waals surface area contributed by atoms with Crippen LogP contribution in [0.2, 0.25) is 5.02 Å². The number of hydrogen-bond donors (Lipinski definition) is 2. The summed E-state index contributed by atoms with van der Waals surface area (Å²) >= 11 is 6.11. The summed E-state index contributed by atoms with van der Waals surface area (Å²) in [5.74, 6) is 0.188. The molecule has 1 aromatic carbocycles. The molecule has 1 aliphatic heterocycles. The molecule has 1 aliphatic rings. The Kier molecular flexibility index (Phi) is 3.66. The number of carbonyl (C=O) groups excluding carboxylic acids is 1. The fourth-order valence-corrected chi connectivity index (χ4v) is 2.44. The van der Waals surface area contributed by atoms with Crippen molar-refractivity contribution in [3.05, 3.63) is 28.8 Å². The molecule has 17 heavy (non-hydrogen) atoms. The van der Waals surface area contributed by atoms with E-state index in [0.29, 0.717) is 35.8 Å². The standard InChI is InChI=1S/C12H15ClN2O2/c13-10-3-1-2-9(7-16)12(10)15-6-8(5-14)4-11(15)17/h1-3,8,16H,4-7,14H2. The second-order valence-electron chi connectivity index (χ2n) is 4.22. The van der Waals surface area contributed by atoms with E-state index in [1.807, 2.05) is 0 Å². The normalized spacial score (nSPS) is 20.1. The van der Waals surface area contributed by atoms with Crippen LogP contribution in [0.1, 0.15) is 12.0 Å². The zero-order valence-electron chi connectivity index (χ0n) is 9.40.